The normalized spacial score (nSPS) is 18.5. The maximum absolute atomic E-state index is 12.7. The van der Waals surface area contributed by atoms with Gasteiger partial charge in [0.05, 0.1) is 0 Å². The Kier molecular flexibility index (Phi) is 4.57. The summed E-state index contributed by atoms with van der Waals surface area (Å²) in [5.41, 5.74) is 5.07. The van der Waals surface area contributed by atoms with Gasteiger partial charge >= 0.3 is 6.03 Å². The number of benzene rings is 2. The van der Waals surface area contributed by atoms with Gasteiger partial charge in [-0.15, -0.1) is 0 Å². The van der Waals surface area contributed by atoms with Crippen molar-refractivity contribution in [2.24, 2.45) is 0 Å². The average molecular weight is 403 g/mol. The van der Waals surface area contributed by atoms with E-state index < -0.39 is 5.54 Å². The highest BCUT2D eigenvalue weighted by atomic mass is 16.2. The largest absolute Gasteiger partial charge is 0.326 e. The molecule has 0 atom stereocenters. The molecule has 4 amide bonds. The third kappa shape index (κ3) is 3.16. The van der Waals surface area contributed by atoms with Crippen molar-refractivity contribution >= 4 is 23.5 Å². The van der Waals surface area contributed by atoms with E-state index >= 15 is 0 Å². The minimum Gasteiger partial charge on any atom is -0.326 e. The van der Waals surface area contributed by atoms with Crippen LogP contribution in [0.5, 0.6) is 0 Å². The monoisotopic (exact) mass is 403 g/mol. The highest BCUT2D eigenvalue weighted by molar-refractivity contribution is 6.07. The molecular weight excluding hydrogens is 378 g/mol. The number of anilines is 1. The lowest BCUT2D eigenvalue weighted by molar-refractivity contribution is -0.131. The number of fused-ring (bicyclic) bond motifs is 3. The van der Waals surface area contributed by atoms with E-state index in [2.05, 4.69) is 28.8 Å². The average Bonchev–Trinajstić information content (AvgIpc) is 3.41. The second kappa shape index (κ2) is 7.27. The third-order valence-corrected chi connectivity index (χ3v) is 6.57. The van der Waals surface area contributed by atoms with Crippen molar-refractivity contribution in [3.63, 3.8) is 0 Å². The van der Waals surface area contributed by atoms with Crippen molar-refractivity contribution in [2.75, 3.05) is 11.9 Å². The number of amides is 4. The predicted molar refractivity (Wildman–Crippen MR) is 114 cm³/mol. The van der Waals surface area contributed by atoms with Crippen LogP contribution in [-0.2, 0) is 16.0 Å². The van der Waals surface area contributed by atoms with Crippen LogP contribution < -0.4 is 10.6 Å². The van der Waals surface area contributed by atoms with Crippen LogP contribution in [0, 0.1) is 0 Å². The molecule has 0 bridgehead atoms. The van der Waals surface area contributed by atoms with Gasteiger partial charge in [-0.3, -0.25) is 14.5 Å². The number of carbonyl (C=O) groups excluding carboxylic acids is 3. The lowest BCUT2D eigenvalue weighted by Gasteiger charge is -2.19. The molecule has 5 rings (SSSR count). The van der Waals surface area contributed by atoms with Crippen LogP contribution in [-0.4, -0.2) is 34.8 Å². The van der Waals surface area contributed by atoms with Gasteiger partial charge in [-0.25, -0.2) is 4.79 Å². The Morgan fingerprint density at radius 2 is 1.80 bits per heavy atom. The maximum atomic E-state index is 12.7. The number of carbonyl (C=O) groups is 3. The maximum Gasteiger partial charge on any atom is 0.325 e. The van der Waals surface area contributed by atoms with Gasteiger partial charge in [-0.2, -0.15) is 0 Å². The molecule has 2 N–H and O–H groups in total. The fraction of sp³-hybridized carbons (Fsp3) is 0.375. The van der Waals surface area contributed by atoms with Crippen molar-refractivity contribution in [1.29, 1.82) is 0 Å². The highest BCUT2D eigenvalue weighted by Gasteiger charge is 2.52. The van der Waals surface area contributed by atoms with E-state index in [1.807, 2.05) is 24.3 Å². The quantitative estimate of drug-likeness (QED) is 0.636. The molecular formula is C24H25N3O3. The standard InChI is InChI=1S/C24H25N3O3/c28-21(8-5-13-27-22(29)24(26-23(27)30)11-3-4-12-24)25-18-10-9-17-14-16-6-1-2-7-19(16)20(17)15-18/h1-2,6-7,9-10,15H,3-5,8,11-14H2,(H,25,28)(H,26,30). The van der Waals surface area contributed by atoms with E-state index in [9.17, 15) is 14.4 Å². The molecule has 6 nitrogen and oxygen atoms in total. The fourth-order valence-corrected chi connectivity index (χ4v) is 5.02. The Hall–Kier alpha value is -3.15. The lowest BCUT2D eigenvalue weighted by atomic mass is 9.98. The second-order valence-electron chi connectivity index (χ2n) is 8.53. The molecule has 2 aromatic carbocycles. The number of nitrogens with one attached hydrogen (secondary N) is 2. The SMILES string of the molecule is O=C(CCCN1C(=O)NC2(CCCC2)C1=O)Nc1ccc2c(c1)-c1ccccc1C2. The zero-order chi connectivity index (χ0) is 20.7. The summed E-state index contributed by atoms with van der Waals surface area (Å²) in [7, 11) is 0. The molecule has 2 aliphatic carbocycles. The molecule has 0 unspecified atom stereocenters. The number of hydrogen-bond donors (Lipinski definition) is 2. The van der Waals surface area contributed by atoms with Crippen LogP contribution in [0.3, 0.4) is 0 Å². The Bertz CT molecular complexity index is 1040. The third-order valence-electron chi connectivity index (χ3n) is 6.57. The minimum atomic E-state index is -0.681. The summed E-state index contributed by atoms with van der Waals surface area (Å²) in [6, 6.07) is 14.0. The van der Waals surface area contributed by atoms with Crippen LogP contribution in [0.25, 0.3) is 11.1 Å². The van der Waals surface area contributed by atoms with Crippen molar-refractivity contribution in [3.8, 4) is 11.1 Å². The zero-order valence-corrected chi connectivity index (χ0v) is 16.9. The first kappa shape index (κ1) is 18.9. The van der Waals surface area contributed by atoms with E-state index in [4.69, 9.17) is 0 Å². The number of rotatable bonds is 5. The lowest BCUT2D eigenvalue weighted by Crippen LogP contribution is -2.44. The van der Waals surface area contributed by atoms with Gasteiger partial charge in [0.1, 0.15) is 5.54 Å². The Morgan fingerprint density at radius 1 is 1.03 bits per heavy atom. The Balaban J connectivity index is 1.17. The number of nitrogens with zero attached hydrogens (tertiary/aromatic N) is 1. The summed E-state index contributed by atoms with van der Waals surface area (Å²) in [6.07, 6.45) is 5.01. The van der Waals surface area contributed by atoms with Gasteiger partial charge in [0.25, 0.3) is 5.91 Å². The predicted octanol–water partition coefficient (Wildman–Crippen LogP) is 3.84. The summed E-state index contributed by atoms with van der Waals surface area (Å²) < 4.78 is 0. The van der Waals surface area contributed by atoms with Gasteiger partial charge in [0, 0.05) is 18.7 Å². The van der Waals surface area contributed by atoms with Crippen LogP contribution in [0.4, 0.5) is 10.5 Å². The molecule has 1 spiro atoms. The topological polar surface area (TPSA) is 78.5 Å². The van der Waals surface area contributed by atoms with Gasteiger partial charge in [0.15, 0.2) is 0 Å². The van der Waals surface area contributed by atoms with E-state index in [0.717, 1.165) is 37.8 Å². The van der Waals surface area contributed by atoms with Crippen molar-refractivity contribution < 1.29 is 14.4 Å². The number of urea groups is 1. The van der Waals surface area contributed by atoms with Gasteiger partial charge < -0.3 is 10.6 Å². The molecule has 1 heterocycles. The summed E-state index contributed by atoms with van der Waals surface area (Å²) in [5.74, 6) is -0.230. The van der Waals surface area contributed by atoms with Gasteiger partial charge in [0.2, 0.25) is 5.91 Å². The summed E-state index contributed by atoms with van der Waals surface area (Å²) in [5, 5.41) is 5.83. The number of imide groups is 1. The smallest absolute Gasteiger partial charge is 0.325 e. The van der Waals surface area contributed by atoms with Gasteiger partial charge in [-0.05, 0) is 60.1 Å². The molecule has 1 saturated carbocycles. The first-order chi connectivity index (χ1) is 14.6. The molecule has 6 heteroatoms. The minimum absolute atomic E-state index is 0.108. The second-order valence-corrected chi connectivity index (χ2v) is 8.53. The fourth-order valence-electron chi connectivity index (χ4n) is 5.02. The molecule has 0 radical (unpaired) electrons. The van der Waals surface area contributed by atoms with Gasteiger partial charge in [-0.1, -0.05) is 43.2 Å². The molecule has 154 valence electrons. The van der Waals surface area contributed by atoms with Crippen molar-refractivity contribution in [1.82, 2.24) is 10.2 Å². The van der Waals surface area contributed by atoms with Crippen LogP contribution >= 0.6 is 0 Å². The highest BCUT2D eigenvalue weighted by Crippen LogP contribution is 2.38. The Labute approximate surface area is 175 Å². The molecule has 2 fully saturated rings. The molecule has 1 saturated heterocycles. The molecule has 2 aromatic rings. The molecule has 1 aliphatic heterocycles. The first-order valence-electron chi connectivity index (χ1n) is 10.7. The van der Waals surface area contributed by atoms with Crippen molar-refractivity contribution in [2.45, 2.75) is 50.5 Å². The summed E-state index contributed by atoms with van der Waals surface area (Å²) >= 11 is 0. The summed E-state index contributed by atoms with van der Waals surface area (Å²) in [6.45, 7) is 0.275. The van der Waals surface area contributed by atoms with Crippen molar-refractivity contribution in [3.05, 3.63) is 53.6 Å². The molecule has 30 heavy (non-hydrogen) atoms. The van der Waals surface area contributed by atoms with E-state index in [0.29, 0.717) is 6.42 Å². The van der Waals surface area contributed by atoms with E-state index in [1.54, 1.807) is 0 Å². The van der Waals surface area contributed by atoms with E-state index in [-0.39, 0.29) is 30.8 Å². The molecule has 3 aliphatic rings. The first-order valence-corrected chi connectivity index (χ1v) is 10.7. The zero-order valence-electron chi connectivity index (χ0n) is 16.9. The van der Waals surface area contributed by atoms with Crippen LogP contribution in [0.1, 0.15) is 49.7 Å². The van der Waals surface area contributed by atoms with E-state index in [1.165, 1.54) is 27.2 Å². The van der Waals surface area contributed by atoms with Crippen LogP contribution in [0.2, 0.25) is 0 Å². The van der Waals surface area contributed by atoms with Crippen LogP contribution in [0.15, 0.2) is 42.5 Å². The summed E-state index contributed by atoms with van der Waals surface area (Å²) in [4.78, 5) is 38.6. The number of hydrogen-bond acceptors (Lipinski definition) is 3. The Morgan fingerprint density at radius 3 is 2.63 bits per heavy atom. The molecule has 0 aromatic heterocycles.